The molecule has 5 N–H and O–H groups in total. The number of aliphatic hydroxyl groups excluding tert-OH is 1. The summed E-state index contributed by atoms with van der Waals surface area (Å²) in [5.41, 5.74) is 9.10. The first-order chi connectivity index (χ1) is 25.2. The van der Waals surface area contributed by atoms with Crippen molar-refractivity contribution in [1.82, 2.24) is 0 Å². The first-order valence-corrected chi connectivity index (χ1v) is 17.7. The van der Waals surface area contributed by atoms with Crippen LogP contribution in [0, 0.1) is 0 Å². The highest BCUT2D eigenvalue weighted by Crippen LogP contribution is 2.32. The highest BCUT2D eigenvalue weighted by molar-refractivity contribution is 7.79. The zero-order valence-electron chi connectivity index (χ0n) is 29.5. The normalized spacial score (nSPS) is 10.8. The molecular formula is C40H43NO11S. The Hall–Kier alpha value is -5.57. The average molecular weight is 746 g/mol. The lowest BCUT2D eigenvalue weighted by Crippen LogP contribution is -2.28. The highest BCUT2D eigenvalue weighted by atomic mass is 32.3. The van der Waals surface area contributed by atoms with Crippen LogP contribution in [0.25, 0.3) is 0 Å². The van der Waals surface area contributed by atoms with E-state index in [0.717, 1.165) is 16.7 Å². The molecule has 5 rings (SSSR count). The molecule has 5 aromatic carbocycles. The Morgan fingerprint density at radius 1 is 0.623 bits per heavy atom. The summed E-state index contributed by atoms with van der Waals surface area (Å²) < 4.78 is 54.7. The van der Waals surface area contributed by atoms with Gasteiger partial charge in [0.2, 0.25) is 0 Å². The minimum Gasteiger partial charge on any atom is -0.489 e. The molecule has 12 nitrogen and oxygen atoms in total. The fourth-order valence-electron chi connectivity index (χ4n) is 4.39. The molecule has 0 aliphatic carbocycles. The van der Waals surface area contributed by atoms with Crippen LogP contribution in [0.3, 0.4) is 0 Å². The van der Waals surface area contributed by atoms with Gasteiger partial charge in [-0.05, 0) is 84.3 Å². The molecule has 280 valence electrons. The van der Waals surface area contributed by atoms with E-state index < -0.39 is 27.8 Å². The monoisotopic (exact) mass is 745 g/mol. The number of hydrogen-bond donors (Lipinski definition) is 4. The van der Waals surface area contributed by atoms with Crippen molar-refractivity contribution in [3.63, 3.8) is 0 Å². The van der Waals surface area contributed by atoms with Gasteiger partial charge in [0.05, 0.1) is 11.1 Å². The molecule has 0 spiro atoms. The fraction of sp³-hybridized carbons (Fsp3) is 0.200. The minimum atomic E-state index is -4.67. The van der Waals surface area contributed by atoms with Gasteiger partial charge in [0.25, 0.3) is 0 Å². The van der Waals surface area contributed by atoms with E-state index in [-0.39, 0.29) is 18.1 Å². The van der Waals surface area contributed by atoms with Crippen molar-refractivity contribution in [1.29, 1.82) is 0 Å². The van der Waals surface area contributed by atoms with E-state index >= 15 is 0 Å². The second-order valence-corrected chi connectivity index (χ2v) is 12.8. The first-order valence-electron chi connectivity index (χ1n) is 16.3. The summed E-state index contributed by atoms with van der Waals surface area (Å²) in [4.78, 5) is 26.1. The highest BCUT2D eigenvalue weighted by Gasteiger charge is 2.22. The summed E-state index contributed by atoms with van der Waals surface area (Å²) in [6.45, 7) is 7.01. The van der Waals surface area contributed by atoms with Gasteiger partial charge >= 0.3 is 22.3 Å². The molecule has 53 heavy (non-hydrogen) atoms. The smallest absolute Gasteiger partial charge is 0.394 e. The van der Waals surface area contributed by atoms with Crippen molar-refractivity contribution in [2.45, 2.75) is 39.4 Å². The number of carbonyl (C=O) groups excluding carboxylic acids is 2. The zero-order chi connectivity index (χ0) is 38.9. The molecule has 0 aliphatic rings. The van der Waals surface area contributed by atoms with Crippen molar-refractivity contribution in [3.05, 3.63) is 155 Å². The summed E-state index contributed by atoms with van der Waals surface area (Å²) >= 11 is 0. The van der Waals surface area contributed by atoms with Crippen molar-refractivity contribution in [2.24, 2.45) is 5.73 Å². The molecule has 0 fully saturated rings. The maximum absolute atomic E-state index is 13.1. The standard InChI is InChI=1S/C38H35NO6.C2H6O.H2O4S/c1-38(2,26-39)31-21-34(44-36(40)29-13-17-32(18-14-29)42-24-27-9-5-3-6-10-27)23-35(22-31)45-37(41)30-15-19-33(20-16-30)43-25-28-11-7-4-8-12-28;1-2-3;1-5(2,3)4/h3-23H,24-26,39H2,1-2H3;3H,2H2,1H3;(H2,1,2,3,4). The van der Waals surface area contributed by atoms with Gasteiger partial charge in [0.1, 0.15) is 36.2 Å². The van der Waals surface area contributed by atoms with E-state index in [1.165, 1.54) is 6.07 Å². The lowest BCUT2D eigenvalue weighted by atomic mass is 9.84. The molecule has 0 radical (unpaired) electrons. The quantitative estimate of drug-likeness (QED) is 0.0590. The molecule has 0 saturated heterocycles. The molecular weight excluding hydrogens is 703 g/mol. The van der Waals surface area contributed by atoms with Crippen LogP contribution in [0.2, 0.25) is 0 Å². The van der Waals surface area contributed by atoms with E-state index in [1.54, 1.807) is 67.6 Å². The number of hydrogen-bond acceptors (Lipinski definition) is 10. The minimum absolute atomic E-state index is 0.232. The Balaban J connectivity index is 0.000000859. The van der Waals surface area contributed by atoms with E-state index in [2.05, 4.69) is 0 Å². The summed E-state index contributed by atoms with van der Waals surface area (Å²) in [5.74, 6) is 0.609. The molecule has 0 bridgehead atoms. The van der Waals surface area contributed by atoms with Crippen molar-refractivity contribution < 1.29 is 51.2 Å². The Bertz CT molecular complexity index is 1860. The molecule has 0 unspecified atom stereocenters. The van der Waals surface area contributed by atoms with Gasteiger partial charge in [-0.15, -0.1) is 0 Å². The van der Waals surface area contributed by atoms with Gasteiger partial charge in [0.15, 0.2) is 0 Å². The van der Waals surface area contributed by atoms with Gasteiger partial charge in [0, 0.05) is 24.6 Å². The van der Waals surface area contributed by atoms with Crippen LogP contribution in [0.5, 0.6) is 23.0 Å². The molecule has 5 aromatic rings. The predicted octanol–water partition coefficient (Wildman–Crippen LogP) is 6.87. The summed E-state index contributed by atoms with van der Waals surface area (Å²) in [6.07, 6.45) is 0. The summed E-state index contributed by atoms with van der Waals surface area (Å²) in [5, 5.41) is 7.57. The van der Waals surface area contributed by atoms with Gasteiger partial charge in [-0.2, -0.15) is 8.42 Å². The molecule has 0 heterocycles. The number of rotatable bonds is 12. The Morgan fingerprint density at radius 3 is 1.28 bits per heavy atom. The fourth-order valence-corrected chi connectivity index (χ4v) is 4.39. The van der Waals surface area contributed by atoms with E-state index in [0.29, 0.717) is 42.4 Å². The third kappa shape index (κ3) is 15.3. The third-order valence-corrected chi connectivity index (χ3v) is 7.27. The van der Waals surface area contributed by atoms with Crippen molar-refractivity contribution in [2.75, 3.05) is 13.2 Å². The first kappa shape index (κ1) is 41.8. The SMILES string of the molecule is CC(C)(CN)c1cc(OC(=O)c2ccc(OCc3ccccc3)cc2)cc(OC(=O)c2ccc(OCc3ccccc3)cc2)c1.CCO.O=S(=O)(O)O. The molecule has 13 heteroatoms. The third-order valence-electron chi connectivity index (χ3n) is 7.27. The lowest BCUT2D eigenvalue weighted by molar-refractivity contribution is 0.0732. The van der Waals surface area contributed by atoms with Gasteiger partial charge in [-0.25, -0.2) is 9.59 Å². The van der Waals surface area contributed by atoms with Crippen LogP contribution < -0.4 is 24.7 Å². The molecule has 0 amide bonds. The number of nitrogens with two attached hydrogens (primary N) is 1. The zero-order valence-corrected chi connectivity index (χ0v) is 30.4. The number of ether oxygens (including phenoxy) is 4. The van der Waals surface area contributed by atoms with Crippen LogP contribution in [0.1, 0.15) is 58.2 Å². The Labute approximate surface area is 309 Å². The predicted molar refractivity (Wildman–Crippen MR) is 200 cm³/mol. The van der Waals surface area contributed by atoms with Crippen LogP contribution in [-0.2, 0) is 29.0 Å². The second kappa shape index (κ2) is 20.5. The summed E-state index contributed by atoms with van der Waals surface area (Å²) in [6, 6.07) is 38.1. The van der Waals surface area contributed by atoms with Gasteiger partial charge in [-0.1, -0.05) is 74.5 Å². The maximum atomic E-state index is 13.1. The largest absolute Gasteiger partial charge is 0.489 e. The molecule has 0 saturated carbocycles. The van der Waals surface area contributed by atoms with E-state index in [9.17, 15) is 9.59 Å². The van der Waals surface area contributed by atoms with Gasteiger partial charge < -0.3 is 29.8 Å². The van der Waals surface area contributed by atoms with Crippen LogP contribution in [0.15, 0.2) is 127 Å². The van der Waals surface area contributed by atoms with Crippen LogP contribution >= 0.6 is 0 Å². The van der Waals surface area contributed by atoms with E-state index in [1.807, 2.05) is 74.5 Å². The average Bonchev–Trinajstić information content (AvgIpc) is 3.14. The molecule has 0 atom stereocenters. The van der Waals surface area contributed by atoms with Gasteiger partial charge in [-0.3, -0.25) is 9.11 Å². The van der Waals surface area contributed by atoms with Crippen molar-refractivity contribution >= 4 is 22.3 Å². The number of benzene rings is 5. The molecule has 0 aromatic heterocycles. The molecule has 0 aliphatic heterocycles. The van der Waals surface area contributed by atoms with Crippen LogP contribution in [-0.4, -0.2) is 47.7 Å². The Morgan fingerprint density at radius 2 is 0.962 bits per heavy atom. The number of carbonyl (C=O) groups is 2. The van der Waals surface area contributed by atoms with Crippen LogP contribution in [0.4, 0.5) is 0 Å². The number of aliphatic hydroxyl groups is 1. The number of esters is 2. The van der Waals surface area contributed by atoms with E-state index in [4.69, 9.17) is 47.3 Å². The topological polar surface area (TPSA) is 192 Å². The summed E-state index contributed by atoms with van der Waals surface area (Å²) in [7, 11) is -4.67. The second-order valence-electron chi connectivity index (χ2n) is 11.9. The lowest BCUT2D eigenvalue weighted by Gasteiger charge is -2.24. The Kier molecular flexibility index (Phi) is 16.2. The van der Waals surface area contributed by atoms with Crippen molar-refractivity contribution in [3.8, 4) is 23.0 Å². The maximum Gasteiger partial charge on any atom is 0.394 e.